The first-order valence-corrected chi connectivity index (χ1v) is 4.72. The Morgan fingerprint density at radius 3 is 2.64 bits per heavy atom. The van der Waals surface area contributed by atoms with Crippen LogP contribution in [0.3, 0.4) is 0 Å². The van der Waals surface area contributed by atoms with Crippen molar-refractivity contribution >= 4 is 6.08 Å². The molecule has 0 bridgehead atoms. The summed E-state index contributed by atoms with van der Waals surface area (Å²) >= 11 is 0. The van der Waals surface area contributed by atoms with E-state index in [9.17, 15) is 0 Å². The summed E-state index contributed by atoms with van der Waals surface area (Å²) < 4.78 is 5.13. The Kier molecular flexibility index (Phi) is 5.26. The Balaban J connectivity index is 2.31. The first kappa shape index (κ1) is 10.6. The van der Waals surface area contributed by atoms with Crippen LogP contribution in [0.1, 0.15) is 12.0 Å². The third-order valence-electron chi connectivity index (χ3n) is 1.64. The molecule has 0 amide bonds. The maximum atomic E-state index is 5.13. The molecule has 0 aliphatic heterocycles. The Labute approximate surface area is 85.7 Å². The highest BCUT2D eigenvalue weighted by atomic mass is 16.5. The fraction of sp³-hybridized carbons (Fsp3) is 0.154. The Hall–Kier alpha value is -1.50. The van der Waals surface area contributed by atoms with Crippen LogP contribution in [-0.4, -0.2) is 6.61 Å². The highest BCUT2D eigenvalue weighted by molar-refractivity contribution is 5.50. The van der Waals surface area contributed by atoms with Gasteiger partial charge in [0.2, 0.25) is 0 Å². The van der Waals surface area contributed by atoms with Crippen molar-refractivity contribution in [3.63, 3.8) is 0 Å². The van der Waals surface area contributed by atoms with Crippen molar-refractivity contribution in [3.8, 4) is 0 Å². The summed E-state index contributed by atoms with van der Waals surface area (Å²) in [5.41, 5.74) is 1.19. The van der Waals surface area contributed by atoms with Crippen LogP contribution in [0.4, 0.5) is 0 Å². The maximum Gasteiger partial charge on any atom is 0.0873 e. The van der Waals surface area contributed by atoms with Crippen LogP contribution in [0.15, 0.2) is 48.7 Å². The van der Waals surface area contributed by atoms with Gasteiger partial charge in [-0.3, -0.25) is 0 Å². The molecule has 1 nitrogen and oxygen atoms in total. The molecule has 0 aliphatic carbocycles. The maximum absolute atomic E-state index is 5.13. The molecule has 1 radical (unpaired) electrons. The van der Waals surface area contributed by atoms with E-state index < -0.39 is 0 Å². The van der Waals surface area contributed by atoms with E-state index >= 15 is 0 Å². The second-order valence-electron chi connectivity index (χ2n) is 2.82. The minimum atomic E-state index is 0.676. The van der Waals surface area contributed by atoms with Gasteiger partial charge in [-0.2, -0.15) is 0 Å². The third-order valence-corrected chi connectivity index (χ3v) is 1.64. The summed E-state index contributed by atoms with van der Waals surface area (Å²) in [7, 11) is 0. The second-order valence-corrected chi connectivity index (χ2v) is 2.82. The van der Waals surface area contributed by atoms with Crippen molar-refractivity contribution in [2.24, 2.45) is 0 Å². The van der Waals surface area contributed by atoms with Crippen LogP contribution < -0.4 is 0 Å². The molecule has 0 aliphatic rings. The lowest BCUT2D eigenvalue weighted by Gasteiger charge is -1.93. The van der Waals surface area contributed by atoms with Crippen LogP contribution in [0.5, 0.6) is 0 Å². The minimum Gasteiger partial charge on any atom is -0.501 e. The first-order chi connectivity index (χ1) is 6.93. The number of hydrogen-bond acceptors (Lipinski definition) is 1. The van der Waals surface area contributed by atoms with Crippen LogP contribution >= 0.6 is 0 Å². The molecule has 0 aromatic heterocycles. The second kappa shape index (κ2) is 6.96. The van der Waals surface area contributed by atoms with E-state index in [0.29, 0.717) is 6.61 Å². The van der Waals surface area contributed by atoms with Gasteiger partial charge in [-0.25, -0.2) is 0 Å². The van der Waals surface area contributed by atoms with Crippen molar-refractivity contribution in [3.05, 3.63) is 61.2 Å². The lowest BCUT2D eigenvalue weighted by Crippen LogP contribution is -1.81. The summed E-state index contributed by atoms with van der Waals surface area (Å²) in [4.78, 5) is 0. The van der Waals surface area contributed by atoms with Gasteiger partial charge in [0, 0.05) is 0 Å². The summed E-state index contributed by atoms with van der Waals surface area (Å²) in [6.45, 7) is 4.35. The molecule has 0 unspecified atom stereocenters. The SMILES string of the molecule is [CH2]CCO/C=C/C=C/c1ccccc1. The van der Waals surface area contributed by atoms with Crippen LogP contribution in [0.2, 0.25) is 0 Å². The molecular weight excluding hydrogens is 172 g/mol. The minimum absolute atomic E-state index is 0.676. The average molecular weight is 187 g/mol. The van der Waals surface area contributed by atoms with Crippen molar-refractivity contribution in [1.29, 1.82) is 0 Å². The topological polar surface area (TPSA) is 9.23 Å². The van der Waals surface area contributed by atoms with Gasteiger partial charge in [0.15, 0.2) is 0 Å². The highest BCUT2D eigenvalue weighted by Gasteiger charge is 1.79. The first-order valence-electron chi connectivity index (χ1n) is 4.72. The number of rotatable bonds is 5. The van der Waals surface area contributed by atoms with Crippen LogP contribution in [0.25, 0.3) is 6.08 Å². The fourth-order valence-corrected chi connectivity index (χ4v) is 0.983. The summed E-state index contributed by atoms with van der Waals surface area (Å²) in [5, 5.41) is 0. The van der Waals surface area contributed by atoms with Crippen molar-refractivity contribution < 1.29 is 4.74 Å². The summed E-state index contributed by atoms with van der Waals surface area (Å²) in [6.07, 6.45) is 8.35. The Morgan fingerprint density at radius 1 is 1.14 bits per heavy atom. The standard InChI is InChI=1S/C13H15O/c1-2-11-14-12-7-6-10-13-8-4-3-5-9-13/h3-10,12H,1-2,11H2/b10-6+,12-7+. The zero-order chi connectivity index (χ0) is 10.1. The molecule has 0 N–H and O–H groups in total. The monoisotopic (exact) mass is 187 g/mol. The van der Waals surface area contributed by atoms with E-state index in [0.717, 1.165) is 6.42 Å². The van der Waals surface area contributed by atoms with E-state index in [1.165, 1.54) is 5.56 Å². The molecule has 1 rings (SSSR count). The molecule has 0 saturated carbocycles. The predicted molar refractivity (Wildman–Crippen MR) is 60.5 cm³/mol. The largest absolute Gasteiger partial charge is 0.501 e. The zero-order valence-corrected chi connectivity index (χ0v) is 8.23. The van der Waals surface area contributed by atoms with Crippen molar-refractivity contribution in [1.82, 2.24) is 0 Å². The van der Waals surface area contributed by atoms with Gasteiger partial charge in [0.1, 0.15) is 0 Å². The number of benzene rings is 1. The number of hydrogen-bond donors (Lipinski definition) is 0. The highest BCUT2D eigenvalue weighted by Crippen LogP contribution is 2.00. The lowest BCUT2D eigenvalue weighted by molar-refractivity contribution is 0.255. The third kappa shape index (κ3) is 4.51. The predicted octanol–water partition coefficient (Wildman–Crippen LogP) is 3.45. The molecule has 14 heavy (non-hydrogen) atoms. The van der Waals surface area contributed by atoms with Gasteiger partial charge in [-0.05, 0) is 25.0 Å². The van der Waals surface area contributed by atoms with E-state index in [2.05, 4.69) is 19.1 Å². The quantitative estimate of drug-likeness (QED) is 0.389. The number of allylic oxidation sites excluding steroid dienone is 2. The van der Waals surface area contributed by atoms with Crippen LogP contribution in [0, 0.1) is 6.92 Å². The summed E-state index contributed by atoms with van der Waals surface area (Å²) in [6, 6.07) is 10.2. The summed E-state index contributed by atoms with van der Waals surface area (Å²) in [5.74, 6) is 0. The lowest BCUT2D eigenvalue weighted by atomic mass is 10.2. The van der Waals surface area contributed by atoms with Gasteiger partial charge in [-0.1, -0.05) is 42.5 Å². The normalized spacial score (nSPS) is 11.2. The number of ether oxygens (including phenoxy) is 1. The smallest absolute Gasteiger partial charge is 0.0873 e. The Morgan fingerprint density at radius 2 is 1.93 bits per heavy atom. The van der Waals surface area contributed by atoms with E-state index in [1.807, 2.05) is 36.4 Å². The molecule has 0 heterocycles. The Bertz CT molecular complexity index is 285. The van der Waals surface area contributed by atoms with Gasteiger partial charge in [-0.15, -0.1) is 0 Å². The molecule has 0 fully saturated rings. The fourth-order valence-electron chi connectivity index (χ4n) is 0.983. The zero-order valence-electron chi connectivity index (χ0n) is 8.23. The molecule has 0 atom stereocenters. The van der Waals surface area contributed by atoms with Crippen molar-refractivity contribution in [2.45, 2.75) is 6.42 Å². The molecule has 0 spiro atoms. The van der Waals surface area contributed by atoms with Gasteiger partial charge in [0.25, 0.3) is 0 Å². The molecular formula is C13H15O. The molecule has 1 aromatic rings. The van der Waals surface area contributed by atoms with Gasteiger partial charge < -0.3 is 4.74 Å². The van der Waals surface area contributed by atoms with Crippen LogP contribution in [-0.2, 0) is 4.74 Å². The van der Waals surface area contributed by atoms with E-state index in [4.69, 9.17) is 4.74 Å². The van der Waals surface area contributed by atoms with Gasteiger partial charge in [0.05, 0.1) is 12.9 Å². The molecule has 73 valence electrons. The van der Waals surface area contributed by atoms with E-state index in [1.54, 1.807) is 6.26 Å². The molecule has 1 heteroatoms. The van der Waals surface area contributed by atoms with E-state index in [-0.39, 0.29) is 0 Å². The molecule has 1 aromatic carbocycles. The van der Waals surface area contributed by atoms with Crippen molar-refractivity contribution in [2.75, 3.05) is 6.61 Å². The average Bonchev–Trinajstić information content (AvgIpc) is 2.25. The van der Waals surface area contributed by atoms with Gasteiger partial charge >= 0.3 is 0 Å². The molecule has 0 saturated heterocycles.